The van der Waals surface area contributed by atoms with E-state index in [1.54, 1.807) is 42.5 Å². The first-order valence-corrected chi connectivity index (χ1v) is 9.99. The summed E-state index contributed by atoms with van der Waals surface area (Å²) in [5.74, 6) is 0.122. The number of thiocarbonyl (C=S) groups is 1. The third-order valence-electron chi connectivity index (χ3n) is 4.04. The van der Waals surface area contributed by atoms with Gasteiger partial charge in [-0.2, -0.15) is 0 Å². The molecule has 0 aliphatic heterocycles. The molecule has 6 nitrogen and oxygen atoms in total. The third kappa shape index (κ3) is 7.19. The van der Waals surface area contributed by atoms with Crippen LogP contribution in [0.4, 0.5) is 5.69 Å². The average Bonchev–Trinajstić information content (AvgIpc) is 2.67. The van der Waals surface area contributed by atoms with Crippen LogP contribution >= 0.6 is 12.2 Å². The molecule has 0 aromatic heterocycles. The molecule has 2 rings (SSSR count). The van der Waals surface area contributed by atoms with Gasteiger partial charge in [0, 0.05) is 22.9 Å². The van der Waals surface area contributed by atoms with Crippen LogP contribution in [0.15, 0.2) is 48.5 Å². The van der Waals surface area contributed by atoms with E-state index in [-0.39, 0.29) is 29.1 Å². The van der Waals surface area contributed by atoms with Crippen LogP contribution in [0.1, 0.15) is 54.8 Å². The van der Waals surface area contributed by atoms with Crippen molar-refractivity contribution in [2.24, 2.45) is 0 Å². The highest BCUT2D eigenvalue weighted by Gasteiger charge is 2.12. The SMILES string of the molecule is CCC(C)Oc1cccc(C(=O)NC(=S)Nc2cccc(C(=O)NC(C)C)c2)c1. The minimum absolute atomic E-state index is 0.0412. The Bertz CT molecular complexity index is 883. The van der Waals surface area contributed by atoms with E-state index in [0.717, 1.165) is 6.42 Å². The Kier molecular flexibility index (Phi) is 8.15. The fourth-order valence-corrected chi connectivity index (χ4v) is 2.66. The number of nitrogens with one attached hydrogen (secondary N) is 3. The van der Waals surface area contributed by atoms with Crippen molar-refractivity contribution in [3.63, 3.8) is 0 Å². The molecule has 0 saturated heterocycles. The maximum absolute atomic E-state index is 12.5. The van der Waals surface area contributed by atoms with Crippen LogP contribution in [0, 0.1) is 0 Å². The fourth-order valence-electron chi connectivity index (χ4n) is 2.45. The largest absolute Gasteiger partial charge is 0.491 e. The van der Waals surface area contributed by atoms with Gasteiger partial charge in [0.05, 0.1) is 6.10 Å². The molecule has 0 heterocycles. The number of hydrogen-bond acceptors (Lipinski definition) is 4. The zero-order valence-electron chi connectivity index (χ0n) is 17.1. The second kappa shape index (κ2) is 10.6. The molecule has 0 aliphatic rings. The van der Waals surface area contributed by atoms with Gasteiger partial charge >= 0.3 is 0 Å². The molecule has 0 spiro atoms. The number of ether oxygens (including phenoxy) is 1. The molecule has 2 aromatic carbocycles. The summed E-state index contributed by atoms with van der Waals surface area (Å²) in [7, 11) is 0. The molecule has 2 amide bonds. The lowest BCUT2D eigenvalue weighted by atomic mass is 10.2. The molecule has 0 saturated carbocycles. The van der Waals surface area contributed by atoms with Gasteiger partial charge in [0.2, 0.25) is 0 Å². The van der Waals surface area contributed by atoms with Gasteiger partial charge in [-0.3, -0.25) is 14.9 Å². The third-order valence-corrected chi connectivity index (χ3v) is 4.24. The van der Waals surface area contributed by atoms with Gasteiger partial charge in [-0.1, -0.05) is 19.1 Å². The van der Waals surface area contributed by atoms with E-state index in [0.29, 0.717) is 22.6 Å². The number of benzene rings is 2. The van der Waals surface area contributed by atoms with E-state index < -0.39 is 0 Å². The number of carbonyl (C=O) groups is 2. The lowest BCUT2D eigenvalue weighted by Crippen LogP contribution is -2.34. The number of anilines is 1. The first-order chi connectivity index (χ1) is 13.8. The Morgan fingerprint density at radius 3 is 2.31 bits per heavy atom. The summed E-state index contributed by atoms with van der Waals surface area (Å²) in [5, 5.41) is 8.56. The first kappa shape index (κ1) is 22.4. The number of rotatable bonds is 7. The quantitative estimate of drug-likeness (QED) is 0.595. The van der Waals surface area contributed by atoms with Crippen molar-refractivity contribution in [1.82, 2.24) is 10.6 Å². The number of amides is 2. The number of carbonyl (C=O) groups excluding carboxylic acids is 2. The van der Waals surface area contributed by atoms with Crippen molar-refractivity contribution in [1.29, 1.82) is 0 Å². The van der Waals surface area contributed by atoms with Gasteiger partial charge in [-0.25, -0.2) is 0 Å². The van der Waals surface area contributed by atoms with Crippen LogP contribution in [-0.2, 0) is 0 Å². The molecular formula is C22H27N3O3S. The van der Waals surface area contributed by atoms with E-state index in [9.17, 15) is 9.59 Å². The molecule has 0 bridgehead atoms. The van der Waals surface area contributed by atoms with Gasteiger partial charge < -0.3 is 15.4 Å². The van der Waals surface area contributed by atoms with Gasteiger partial charge in [-0.15, -0.1) is 0 Å². The Morgan fingerprint density at radius 2 is 1.66 bits per heavy atom. The fraction of sp³-hybridized carbons (Fsp3) is 0.318. The summed E-state index contributed by atoms with van der Waals surface area (Å²) in [6.07, 6.45) is 0.940. The molecule has 2 aromatic rings. The first-order valence-electron chi connectivity index (χ1n) is 9.58. The summed E-state index contributed by atoms with van der Waals surface area (Å²) >= 11 is 5.24. The smallest absolute Gasteiger partial charge is 0.257 e. The van der Waals surface area contributed by atoms with Crippen LogP contribution in [0.25, 0.3) is 0 Å². The van der Waals surface area contributed by atoms with E-state index in [1.807, 2.05) is 33.8 Å². The molecule has 0 radical (unpaired) electrons. The van der Waals surface area contributed by atoms with Crippen molar-refractivity contribution in [3.8, 4) is 5.75 Å². The molecule has 3 N–H and O–H groups in total. The zero-order valence-corrected chi connectivity index (χ0v) is 17.9. The van der Waals surface area contributed by atoms with Crippen LogP contribution < -0.4 is 20.7 Å². The van der Waals surface area contributed by atoms with Gasteiger partial charge in [0.15, 0.2) is 5.11 Å². The second-order valence-electron chi connectivity index (χ2n) is 6.98. The minimum atomic E-state index is -0.342. The van der Waals surface area contributed by atoms with Crippen molar-refractivity contribution in [2.75, 3.05) is 5.32 Å². The van der Waals surface area contributed by atoms with E-state index in [2.05, 4.69) is 16.0 Å². The Labute approximate surface area is 177 Å². The highest BCUT2D eigenvalue weighted by molar-refractivity contribution is 7.80. The molecule has 7 heteroatoms. The van der Waals surface area contributed by atoms with E-state index >= 15 is 0 Å². The van der Waals surface area contributed by atoms with Crippen LogP contribution in [-0.4, -0.2) is 29.1 Å². The van der Waals surface area contributed by atoms with Crippen LogP contribution in [0.3, 0.4) is 0 Å². The maximum Gasteiger partial charge on any atom is 0.257 e. The molecule has 154 valence electrons. The lowest BCUT2D eigenvalue weighted by molar-refractivity contribution is 0.0941. The minimum Gasteiger partial charge on any atom is -0.491 e. The topological polar surface area (TPSA) is 79.5 Å². The molecular weight excluding hydrogens is 386 g/mol. The van der Waals surface area contributed by atoms with Crippen molar-refractivity contribution < 1.29 is 14.3 Å². The van der Waals surface area contributed by atoms with Crippen molar-refractivity contribution >= 4 is 34.8 Å². The normalized spacial score (nSPS) is 11.5. The summed E-state index contributed by atoms with van der Waals surface area (Å²) in [5.41, 5.74) is 1.56. The zero-order chi connectivity index (χ0) is 21.4. The van der Waals surface area contributed by atoms with Gasteiger partial charge in [-0.05, 0) is 75.8 Å². The van der Waals surface area contributed by atoms with Gasteiger partial charge in [0.1, 0.15) is 5.75 Å². The highest BCUT2D eigenvalue weighted by Crippen LogP contribution is 2.16. The van der Waals surface area contributed by atoms with E-state index in [1.165, 1.54) is 0 Å². The molecule has 0 aliphatic carbocycles. The van der Waals surface area contributed by atoms with Crippen molar-refractivity contribution in [3.05, 3.63) is 59.7 Å². The standard InChI is InChI=1S/C22H27N3O3S/c1-5-15(4)28-19-11-7-9-17(13-19)21(27)25-22(29)24-18-10-6-8-16(12-18)20(26)23-14(2)3/h6-15H,5H2,1-4H3,(H,23,26)(H2,24,25,27,29). The number of hydrogen-bond donors (Lipinski definition) is 3. The van der Waals surface area contributed by atoms with Gasteiger partial charge in [0.25, 0.3) is 11.8 Å². The average molecular weight is 414 g/mol. The summed E-state index contributed by atoms with van der Waals surface area (Å²) in [4.78, 5) is 24.6. The Morgan fingerprint density at radius 1 is 1.00 bits per heavy atom. The lowest BCUT2D eigenvalue weighted by Gasteiger charge is -2.14. The molecule has 0 fully saturated rings. The predicted molar refractivity (Wildman–Crippen MR) is 120 cm³/mol. The van der Waals surface area contributed by atoms with E-state index in [4.69, 9.17) is 17.0 Å². The molecule has 1 unspecified atom stereocenters. The highest BCUT2D eigenvalue weighted by atomic mass is 32.1. The Balaban J connectivity index is 2.00. The van der Waals surface area contributed by atoms with Crippen LogP contribution in [0.2, 0.25) is 0 Å². The summed E-state index contributed by atoms with van der Waals surface area (Å²) in [6, 6.07) is 13.9. The molecule has 1 atom stereocenters. The monoisotopic (exact) mass is 413 g/mol. The predicted octanol–water partition coefficient (Wildman–Crippen LogP) is 4.13. The maximum atomic E-state index is 12.5. The van der Waals surface area contributed by atoms with Crippen LogP contribution in [0.5, 0.6) is 5.75 Å². The Hall–Kier alpha value is -2.93. The summed E-state index contributed by atoms with van der Waals surface area (Å²) < 4.78 is 5.75. The summed E-state index contributed by atoms with van der Waals surface area (Å²) in [6.45, 7) is 7.80. The van der Waals surface area contributed by atoms with Crippen molar-refractivity contribution in [2.45, 2.75) is 46.3 Å². The second-order valence-corrected chi connectivity index (χ2v) is 7.39. The molecule has 29 heavy (non-hydrogen) atoms.